The van der Waals surface area contributed by atoms with E-state index in [1.54, 1.807) is 0 Å². The lowest BCUT2D eigenvalue weighted by Crippen LogP contribution is -2.19. The molecular weight excluding hydrogens is 237 g/mol. The quantitative estimate of drug-likeness (QED) is 0.663. The lowest BCUT2D eigenvalue weighted by Gasteiger charge is -2.19. The maximum absolute atomic E-state index is 13.7. The molecule has 0 bridgehead atoms. The first kappa shape index (κ1) is 14.3. The van der Waals surface area contributed by atoms with Crippen LogP contribution in [0.5, 0.6) is 5.75 Å². The van der Waals surface area contributed by atoms with E-state index in [9.17, 15) is 9.18 Å². The van der Waals surface area contributed by atoms with Crippen molar-refractivity contribution in [2.45, 2.75) is 26.9 Å². The highest BCUT2D eigenvalue weighted by Gasteiger charge is 2.18. The molecule has 0 aliphatic rings. The monoisotopic (exact) mass is 255 g/mol. The fraction of sp³-hybridized carbons (Fsp3) is 0.462. The third kappa shape index (κ3) is 3.12. The Kier molecular flexibility index (Phi) is 4.53. The number of nitrogens with two attached hydrogens (primary N) is 1. The largest absolute Gasteiger partial charge is 0.487 e. The predicted octanol–water partition coefficient (Wildman–Crippen LogP) is 2.62. The summed E-state index contributed by atoms with van der Waals surface area (Å²) >= 11 is 0. The van der Waals surface area contributed by atoms with E-state index >= 15 is 0 Å². The van der Waals surface area contributed by atoms with E-state index in [1.807, 2.05) is 20.8 Å². The molecular formula is C13H18FNO3. The van der Waals surface area contributed by atoms with Crippen LogP contribution in [-0.4, -0.2) is 19.2 Å². The molecule has 0 fully saturated rings. The highest BCUT2D eigenvalue weighted by atomic mass is 19.1. The number of carbonyl (C=O) groups is 1. The number of halogens is 1. The first-order chi connectivity index (χ1) is 8.36. The average molecular weight is 255 g/mol. The SMILES string of the molecule is COC(=O)c1cc(OC(C)C(C)C)c(F)cc1N. The Bertz CT molecular complexity index is 446. The molecule has 1 aromatic rings. The molecule has 2 N–H and O–H groups in total. The van der Waals surface area contributed by atoms with E-state index in [0.29, 0.717) is 0 Å². The molecule has 1 aromatic carbocycles. The van der Waals surface area contributed by atoms with Crippen molar-refractivity contribution in [3.05, 3.63) is 23.5 Å². The van der Waals surface area contributed by atoms with E-state index < -0.39 is 11.8 Å². The molecule has 0 heterocycles. The van der Waals surface area contributed by atoms with E-state index in [2.05, 4.69) is 4.74 Å². The Morgan fingerprint density at radius 3 is 2.44 bits per heavy atom. The van der Waals surface area contributed by atoms with Crippen molar-refractivity contribution in [3.8, 4) is 5.75 Å². The number of anilines is 1. The molecule has 0 spiro atoms. The molecule has 0 aliphatic carbocycles. The standard InChI is InChI=1S/C13H18FNO3/c1-7(2)8(3)18-12-5-9(13(16)17-4)11(15)6-10(12)14/h5-8H,15H2,1-4H3. The minimum Gasteiger partial charge on any atom is -0.487 e. The third-order valence-electron chi connectivity index (χ3n) is 2.76. The van der Waals surface area contributed by atoms with Crippen molar-refractivity contribution in [1.82, 2.24) is 0 Å². The van der Waals surface area contributed by atoms with Gasteiger partial charge in [-0.1, -0.05) is 13.8 Å². The zero-order valence-electron chi connectivity index (χ0n) is 11.0. The number of methoxy groups -OCH3 is 1. The molecule has 0 saturated carbocycles. The fourth-order valence-corrected chi connectivity index (χ4v) is 1.28. The van der Waals surface area contributed by atoms with Crippen LogP contribution < -0.4 is 10.5 Å². The molecule has 0 saturated heterocycles. The summed E-state index contributed by atoms with van der Waals surface area (Å²) in [4.78, 5) is 11.4. The molecule has 4 nitrogen and oxygen atoms in total. The summed E-state index contributed by atoms with van der Waals surface area (Å²) in [6.07, 6.45) is -0.173. The molecule has 100 valence electrons. The van der Waals surface area contributed by atoms with Crippen molar-refractivity contribution < 1.29 is 18.7 Å². The van der Waals surface area contributed by atoms with Gasteiger partial charge in [0.15, 0.2) is 11.6 Å². The molecule has 18 heavy (non-hydrogen) atoms. The zero-order valence-corrected chi connectivity index (χ0v) is 11.0. The van der Waals surface area contributed by atoms with Crippen molar-refractivity contribution >= 4 is 11.7 Å². The molecule has 0 radical (unpaired) electrons. The van der Waals surface area contributed by atoms with Crippen LogP contribution in [0.2, 0.25) is 0 Å². The number of hydrogen-bond donors (Lipinski definition) is 1. The van der Waals surface area contributed by atoms with E-state index in [1.165, 1.54) is 13.2 Å². The molecule has 0 aliphatic heterocycles. The lowest BCUT2D eigenvalue weighted by atomic mass is 10.1. The van der Waals surface area contributed by atoms with Gasteiger partial charge in [0.2, 0.25) is 0 Å². The zero-order chi connectivity index (χ0) is 13.9. The van der Waals surface area contributed by atoms with Gasteiger partial charge < -0.3 is 15.2 Å². The van der Waals surface area contributed by atoms with E-state index in [0.717, 1.165) is 6.07 Å². The van der Waals surface area contributed by atoms with Gasteiger partial charge in [0, 0.05) is 11.8 Å². The molecule has 0 amide bonds. The Balaban J connectivity index is 3.09. The second-order valence-corrected chi connectivity index (χ2v) is 4.43. The van der Waals surface area contributed by atoms with Gasteiger partial charge in [-0.15, -0.1) is 0 Å². The first-order valence-corrected chi connectivity index (χ1v) is 5.70. The van der Waals surface area contributed by atoms with Crippen LogP contribution in [0, 0.1) is 11.7 Å². The van der Waals surface area contributed by atoms with Crippen LogP contribution in [0.15, 0.2) is 12.1 Å². The summed E-state index contributed by atoms with van der Waals surface area (Å²) in [5, 5.41) is 0. The van der Waals surface area contributed by atoms with Gasteiger partial charge in [-0.25, -0.2) is 9.18 Å². The number of nitrogen functional groups attached to an aromatic ring is 1. The molecule has 1 atom stereocenters. The predicted molar refractivity (Wildman–Crippen MR) is 67.1 cm³/mol. The van der Waals surface area contributed by atoms with Crippen LogP contribution >= 0.6 is 0 Å². The lowest BCUT2D eigenvalue weighted by molar-refractivity contribution is 0.0600. The van der Waals surface area contributed by atoms with Gasteiger partial charge in [0.1, 0.15) is 0 Å². The van der Waals surface area contributed by atoms with E-state index in [4.69, 9.17) is 10.5 Å². The number of esters is 1. The van der Waals surface area contributed by atoms with Gasteiger partial charge >= 0.3 is 5.97 Å². The maximum Gasteiger partial charge on any atom is 0.340 e. The van der Waals surface area contributed by atoms with Crippen LogP contribution in [0.4, 0.5) is 10.1 Å². The number of carbonyl (C=O) groups excluding carboxylic acids is 1. The fourth-order valence-electron chi connectivity index (χ4n) is 1.28. The van der Waals surface area contributed by atoms with Crippen molar-refractivity contribution in [2.24, 2.45) is 5.92 Å². The number of rotatable bonds is 4. The topological polar surface area (TPSA) is 61.5 Å². The van der Waals surface area contributed by atoms with Crippen LogP contribution in [0.3, 0.4) is 0 Å². The summed E-state index contributed by atoms with van der Waals surface area (Å²) in [5.74, 6) is -0.975. The van der Waals surface area contributed by atoms with Gasteiger partial charge in [-0.05, 0) is 18.9 Å². The highest BCUT2D eigenvalue weighted by Crippen LogP contribution is 2.26. The first-order valence-electron chi connectivity index (χ1n) is 5.70. The van der Waals surface area contributed by atoms with Crippen molar-refractivity contribution in [1.29, 1.82) is 0 Å². The van der Waals surface area contributed by atoms with Gasteiger partial charge in [-0.3, -0.25) is 0 Å². The summed E-state index contributed by atoms with van der Waals surface area (Å²) < 4.78 is 23.7. The number of ether oxygens (including phenoxy) is 2. The van der Waals surface area contributed by atoms with Crippen molar-refractivity contribution in [2.75, 3.05) is 12.8 Å². The minimum atomic E-state index is -0.616. The number of benzene rings is 1. The van der Waals surface area contributed by atoms with E-state index in [-0.39, 0.29) is 29.0 Å². The van der Waals surface area contributed by atoms with Crippen LogP contribution in [-0.2, 0) is 4.74 Å². The molecule has 5 heteroatoms. The minimum absolute atomic E-state index is 0.00537. The molecule has 0 aromatic heterocycles. The Morgan fingerprint density at radius 1 is 1.33 bits per heavy atom. The smallest absolute Gasteiger partial charge is 0.340 e. The molecule has 1 unspecified atom stereocenters. The Hall–Kier alpha value is -1.78. The Labute approximate surface area is 106 Å². The summed E-state index contributed by atoms with van der Waals surface area (Å²) in [5.41, 5.74) is 5.69. The third-order valence-corrected chi connectivity index (χ3v) is 2.76. The van der Waals surface area contributed by atoms with Crippen LogP contribution in [0.1, 0.15) is 31.1 Å². The molecule has 1 rings (SSSR count). The van der Waals surface area contributed by atoms with Gasteiger partial charge in [0.25, 0.3) is 0 Å². The normalized spacial score (nSPS) is 12.3. The Morgan fingerprint density at radius 2 is 1.94 bits per heavy atom. The maximum atomic E-state index is 13.7. The van der Waals surface area contributed by atoms with Crippen molar-refractivity contribution in [3.63, 3.8) is 0 Å². The number of hydrogen-bond acceptors (Lipinski definition) is 4. The second-order valence-electron chi connectivity index (χ2n) is 4.43. The van der Waals surface area contributed by atoms with Crippen LogP contribution in [0.25, 0.3) is 0 Å². The summed E-state index contributed by atoms with van der Waals surface area (Å²) in [7, 11) is 1.24. The second kappa shape index (κ2) is 5.71. The highest BCUT2D eigenvalue weighted by molar-refractivity contribution is 5.95. The van der Waals surface area contributed by atoms with Gasteiger partial charge in [0.05, 0.1) is 18.8 Å². The summed E-state index contributed by atoms with van der Waals surface area (Å²) in [6.45, 7) is 5.75. The van der Waals surface area contributed by atoms with Gasteiger partial charge in [-0.2, -0.15) is 0 Å². The summed E-state index contributed by atoms with van der Waals surface area (Å²) in [6, 6.07) is 2.34. The average Bonchev–Trinajstić information content (AvgIpc) is 2.31.